The molecule has 0 radical (unpaired) electrons. The van der Waals surface area contributed by atoms with E-state index in [0.717, 1.165) is 23.4 Å². The first kappa shape index (κ1) is 23.8. The van der Waals surface area contributed by atoms with Crippen molar-refractivity contribution in [3.63, 3.8) is 0 Å². The first-order chi connectivity index (χ1) is 16.4. The van der Waals surface area contributed by atoms with Crippen molar-refractivity contribution in [1.82, 2.24) is 9.55 Å². The number of aromatic nitrogens is 2. The van der Waals surface area contributed by atoms with Crippen molar-refractivity contribution in [3.8, 4) is 5.75 Å². The smallest absolute Gasteiger partial charge is 0.262 e. The molecule has 1 atom stereocenters. The lowest BCUT2D eigenvalue weighted by Gasteiger charge is -2.17. The molecule has 1 heterocycles. The molecule has 0 aliphatic heterocycles. The minimum absolute atomic E-state index is 0.103. The van der Waals surface area contributed by atoms with Crippen molar-refractivity contribution in [2.24, 2.45) is 0 Å². The zero-order valence-electron chi connectivity index (χ0n) is 18.4. The highest BCUT2D eigenvalue weighted by Crippen LogP contribution is 2.27. The molecule has 0 saturated carbocycles. The summed E-state index contributed by atoms with van der Waals surface area (Å²) in [5.41, 5.74) is 1.55. The van der Waals surface area contributed by atoms with Crippen LogP contribution in [-0.2, 0) is 11.3 Å². The first-order valence-corrected chi connectivity index (χ1v) is 11.7. The maximum atomic E-state index is 13.3. The molecule has 1 aromatic heterocycles. The molecule has 0 fully saturated rings. The molecule has 0 saturated heterocycles. The number of fused-ring (bicyclic) bond motifs is 1. The number of hydrogen-bond acceptors (Lipinski definition) is 5. The molecule has 34 heavy (non-hydrogen) atoms. The van der Waals surface area contributed by atoms with Crippen LogP contribution < -0.4 is 15.6 Å². The second kappa shape index (κ2) is 10.3. The van der Waals surface area contributed by atoms with Gasteiger partial charge in [-0.05, 0) is 55.0 Å². The topological polar surface area (TPSA) is 73.2 Å². The summed E-state index contributed by atoms with van der Waals surface area (Å²) in [6.07, 6.45) is 0. The molecule has 0 aliphatic carbocycles. The normalized spacial score (nSPS) is 11.9. The Bertz CT molecular complexity index is 1410. The number of amides is 1. The molecule has 0 spiro atoms. The van der Waals surface area contributed by atoms with E-state index in [4.69, 9.17) is 16.3 Å². The lowest BCUT2D eigenvalue weighted by Crippen LogP contribution is -2.27. The standard InChI is InChI=1S/C25H21ClFN3O3S/c1-15(23(31)28-22-12-9-17(27)13-20(22)26)34-25-29-21-6-4-3-5-19(21)24(32)30(25)14-16-7-10-18(33-2)11-8-16/h3-13,15H,14H2,1-2H3,(H,28,31)/t15-/m0/s1. The van der Waals surface area contributed by atoms with Crippen molar-refractivity contribution in [1.29, 1.82) is 0 Å². The van der Waals surface area contributed by atoms with Crippen LogP contribution in [0, 0.1) is 5.82 Å². The highest BCUT2D eigenvalue weighted by Gasteiger charge is 2.20. The molecule has 1 N–H and O–H groups in total. The molecular formula is C25H21ClFN3O3S. The predicted octanol–water partition coefficient (Wildman–Crippen LogP) is 5.37. The quantitative estimate of drug-likeness (QED) is 0.275. The van der Waals surface area contributed by atoms with Crippen molar-refractivity contribution in [3.05, 3.63) is 93.5 Å². The van der Waals surface area contributed by atoms with Crippen molar-refractivity contribution in [2.75, 3.05) is 12.4 Å². The van der Waals surface area contributed by atoms with E-state index in [0.29, 0.717) is 27.5 Å². The third-order valence-corrected chi connectivity index (χ3v) is 6.57. The van der Waals surface area contributed by atoms with Crippen LogP contribution in [0.3, 0.4) is 0 Å². The van der Waals surface area contributed by atoms with Crippen LogP contribution in [0.25, 0.3) is 10.9 Å². The van der Waals surface area contributed by atoms with Gasteiger partial charge in [-0.3, -0.25) is 14.2 Å². The second-order valence-corrected chi connectivity index (χ2v) is 9.24. The van der Waals surface area contributed by atoms with E-state index >= 15 is 0 Å². The van der Waals surface area contributed by atoms with Gasteiger partial charge < -0.3 is 10.1 Å². The zero-order chi connectivity index (χ0) is 24.2. The van der Waals surface area contributed by atoms with Crippen molar-refractivity contribution in [2.45, 2.75) is 23.9 Å². The van der Waals surface area contributed by atoms with E-state index in [1.54, 1.807) is 36.8 Å². The number of hydrogen-bond donors (Lipinski definition) is 1. The monoisotopic (exact) mass is 497 g/mol. The van der Waals surface area contributed by atoms with E-state index in [1.807, 2.05) is 30.3 Å². The summed E-state index contributed by atoms with van der Waals surface area (Å²) in [4.78, 5) is 30.8. The molecule has 6 nitrogen and oxygen atoms in total. The minimum atomic E-state index is -0.615. The van der Waals surface area contributed by atoms with Gasteiger partial charge in [0.05, 0.1) is 40.5 Å². The Morgan fingerprint density at radius 2 is 1.91 bits per heavy atom. The van der Waals surface area contributed by atoms with Gasteiger partial charge in [-0.1, -0.05) is 47.6 Å². The zero-order valence-corrected chi connectivity index (χ0v) is 20.0. The lowest BCUT2D eigenvalue weighted by atomic mass is 10.2. The second-order valence-electron chi connectivity index (χ2n) is 7.52. The summed E-state index contributed by atoms with van der Waals surface area (Å²) in [6.45, 7) is 1.98. The van der Waals surface area contributed by atoms with Gasteiger partial charge in [-0.15, -0.1) is 0 Å². The molecule has 174 valence electrons. The van der Waals surface area contributed by atoms with E-state index in [9.17, 15) is 14.0 Å². The molecule has 9 heteroatoms. The minimum Gasteiger partial charge on any atom is -0.497 e. The Morgan fingerprint density at radius 3 is 2.62 bits per heavy atom. The number of ether oxygens (including phenoxy) is 1. The van der Waals surface area contributed by atoms with Gasteiger partial charge in [0.25, 0.3) is 5.56 Å². The number of methoxy groups -OCH3 is 1. The Balaban J connectivity index is 1.65. The van der Waals surface area contributed by atoms with Crippen molar-refractivity contribution >= 4 is 45.9 Å². The van der Waals surface area contributed by atoms with Crippen LogP contribution in [0.5, 0.6) is 5.75 Å². The van der Waals surface area contributed by atoms with E-state index in [2.05, 4.69) is 10.3 Å². The SMILES string of the molecule is COc1ccc(Cn2c(S[C@@H](C)C(=O)Nc3ccc(F)cc3Cl)nc3ccccc3c2=O)cc1. The van der Waals surface area contributed by atoms with Crippen LogP contribution in [-0.4, -0.2) is 27.8 Å². The fourth-order valence-electron chi connectivity index (χ4n) is 3.33. The highest BCUT2D eigenvalue weighted by molar-refractivity contribution is 8.00. The summed E-state index contributed by atoms with van der Waals surface area (Å²) in [7, 11) is 1.59. The van der Waals surface area contributed by atoms with Crippen LogP contribution in [0.4, 0.5) is 10.1 Å². The van der Waals surface area contributed by atoms with E-state index in [-0.39, 0.29) is 23.0 Å². The number of carbonyl (C=O) groups excluding carboxylic acids is 1. The third kappa shape index (κ3) is 5.24. The number of carbonyl (C=O) groups is 1. The molecular weight excluding hydrogens is 477 g/mol. The maximum Gasteiger partial charge on any atom is 0.262 e. The van der Waals surface area contributed by atoms with Crippen LogP contribution >= 0.6 is 23.4 Å². The molecule has 3 aromatic carbocycles. The Hall–Kier alpha value is -3.36. The van der Waals surface area contributed by atoms with Gasteiger partial charge in [0.15, 0.2) is 5.16 Å². The Kier molecular flexibility index (Phi) is 7.19. The molecule has 0 bridgehead atoms. The Morgan fingerprint density at radius 1 is 1.18 bits per heavy atom. The number of rotatable bonds is 7. The lowest BCUT2D eigenvalue weighted by molar-refractivity contribution is -0.115. The molecule has 0 aliphatic rings. The van der Waals surface area contributed by atoms with Gasteiger partial charge in [0.1, 0.15) is 11.6 Å². The van der Waals surface area contributed by atoms with Crippen LogP contribution in [0.2, 0.25) is 5.02 Å². The number of para-hydroxylation sites is 1. The average Bonchev–Trinajstić information content (AvgIpc) is 2.83. The van der Waals surface area contributed by atoms with Crippen LogP contribution in [0.15, 0.2) is 76.7 Å². The third-order valence-electron chi connectivity index (χ3n) is 5.17. The molecule has 0 unspecified atom stereocenters. The summed E-state index contributed by atoms with van der Waals surface area (Å²) in [5.74, 6) is -0.127. The van der Waals surface area contributed by atoms with Gasteiger partial charge >= 0.3 is 0 Å². The Labute approximate surface area is 204 Å². The molecule has 4 rings (SSSR count). The molecule has 1 amide bonds. The van der Waals surface area contributed by atoms with Crippen LogP contribution in [0.1, 0.15) is 12.5 Å². The molecule has 4 aromatic rings. The first-order valence-electron chi connectivity index (χ1n) is 10.4. The summed E-state index contributed by atoms with van der Waals surface area (Å²) in [6, 6.07) is 18.3. The average molecular weight is 498 g/mol. The fraction of sp³-hybridized carbons (Fsp3) is 0.160. The van der Waals surface area contributed by atoms with Gasteiger partial charge in [-0.2, -0.15) is 0 Å². The van der Waals surface area contributed by atoms with Gasteiger partial charge in [-0.25, -0.2) is 9.37 Å². The number of thioether (sulfide) groups is 1. The summed E-state index contributed by atoms with van der Waals surface area (Å²) < 4.78 is 20.1. The van der Waals surface area contributed by atoms with Gasteiger partial charge in [0.2, 0.25) is 5.91 Å². The van der Waals surface area contributed by atoms with Gasteiger partial charge in [0, 0.05) is 0 Å². The van der Waals surface area contributed by atoms with E-state index in [1.165, 1.54) is 12.1 Å². The number of halogens is 2. The largest absolute Gasteiger partial charge is 0.497 e. The predicted molar refractivity (Wildman–Crippen MR) is 133 cm³/mol. The fourth-order valence-corrected chi connectivity index (χ4v) is 4.45. The maximum absolute atomic E-state index is 13.3. The van der Waals surface area contributed by atoms with Crippen molar-refractivity contribution < 1.29 is 13.9 Å². The number of anilines is 1. The highest BCUT2D eigenvalue weighted by atomic mass is 35.5. The number of benzene rings is 3. The summed E-state index contributed by atoms with van der Waals surface area (Å²) >= 11 is 7.19. The number of nitrogens with zero attached hydrogens (tertiary/aromatic N) is 2. The van der Waals surface area contributed by atoms with E-state index < -0.39 is 11.1 Å². The number of nitrogens with one attached hydrogen (secondary N) is 1. The summed E-state index contributed by atoms with van der Waals surface area (Å²) in [5, 5.41) is 3.10.